The van der Waals surface area contributed by atoms with E-state index in [-0.39, 0.29) is 17.0 Å². The molecule has 4 fully saturated rings. The third-order valence-electron chi connectivity index (χ3n) is 8.56. The van der Waals surface area contributed by atoms with E-state index >= 15 is 0 Å². The van der Waals surface area contributed by atoms with Crippen molar-refractivity contribution in [2.24, 2.45) is 23.2 Å². The second kappa shape index (κ2) is 6.45. The first kappa shape index (κ1) is 18.7. The lowest BCUT2D eigenvalue weighted by molar-refractivity contribution is -0.0524. The lowest BCUT2D eigenvalue weighted by Gasteiger charge is -2.56. The normalized spacial score (nSPS) is 35.7. The summed E-state index contributed by atoms with van der Waals surface area (Å²) in [7, 11) is 0. The van der Waals surface area contributed by atoms with Gasteiger partial charge >= 0.3 is 0 Å². The molecule has 5 aliphatic rings. The summed E-state index contributed by atoms with van der Waals surface area (Å²) in [6.45, 7) is 4.46. The van der Waals surface area contributed by atoms with Crippen LogP contribution in [0.5, 0.6) is 0 Å². The molecule has 2 heterocycles. The summed E-state index contributed by atoms with van der Waals surface area (Å²) in [5.74, 6) is 3.86. The lowest BCUT2D eigenvalue weighted by atomic mass is 9.48. The molecule has 0 radical (unpaired) electrons. The predicted octanol–water partition coefficient (Wildman–Crippen LogP) is 5.96. The second-order valence-electron chi connectivity index (χ2n) is 11.5. The summed E-state index contributed by atoms with van der Waals surface area (Å²) in [6.07, 6.45) is 11.6. The Kier molecular flexibility index (Phi) is 4.01. The summed E-state index contributed by atoms with van der Waals surface area (Å²) >= 11 is 0. The van der Waals surface area contributed by atoms with Gasteiger partial charge in [0, 0.05) is 6.42 Å². The molecule has 1 aliphatic heterocycles. The highest BCUT2D eigenvalue weighted by Crippen LogP contribution is 2.61. The van der Waals surface area contributed by atoms with Crippen molar-refractivity contribution in [1.29, 1.82) is 0 Å². The van der Waals surface area contributed by atoms with Crippen molar-refractivity contribution in [1.82, 2.24) is 9.78 Å². The van der Waals surface area contributed by atoms with Crippen LogP contribution in [0.25, 0.3) is 0 Å². The Morgan fingerprint density at radius 2 is 1.67 bits per heavy atom. The van der Waals surface area contributed by atoms with Gasteiger partial charge < -0.3 is 5.32 Å². The lowest BCUT2D eigenvalue weighted by Crippen LogP contribution is -2.46. The fourth-order valence-electron chi connectivity index (χ4n) is 7.78. The number of ketones is 1. The van der Waals surface area contributed by atoms with Crippen LogP contribution in [-0.4, -0.2) is 15.6 Å². The number of hydrogen-bond acceptors (Lipinski definition) is 3. The highest BCUT2D eigenvalue weighted by atomic mass is 16.1. The van der Waals surface area contributed by atoms with Crippen molar-refractivity contribution in [3.8, 4) is 0 Å². The minimum absolute atomic E-state index is 0.125. The average Bonchev–Trinajstić information content (AvgIpc) is 3.12. The number of nitrogens with zero attached hydrogens (tertiary/aromatic N) is 2. The number of carbonyl (C=O) groups excluding carboxylic acids is 1. The molecule has 1 N–H and O–H groups in total. The van der Waals surface area contributed by atoms with Crippen LogP contribution in [0.3, 0.4) is 0 Å². The molecule has 7 rings (SSSR count). The minimum Gasteiger partial charge on any atom is -0.363 e. The quantitative estimate of drug-likeness (QED) is 0.640. The van der Waals surface area contributed by atoms with E-state index in [1.54, 1.807) is 0 Å². The van der Waals surface area contributed by atoms with Crippen LogP contribution in [-0.2, 0) is 5.54 Å². The molecule has 4 heteroatoms. The fraction of sp³-hybridized carbons (Fsp3) is 0.615. The number of fused-ring (bicyclic) bond motifs is 1. The summed E-state index contributed by atoms with van der Waals surface area (Å²) in [6, 6.07) is 10.8. The average molecular weight is 404 g/mol. The van der Waals surface area contributed by atoms with Gasteiger partial charge in [0.2, 0.25) is 0 Å². The third kappa shape index (κ3) is 2.94. The van der Waals surface area contributed by atoms with Crippen molar-refractivity contribution in [3.05, 3.63) is 47.7 Å². The Morgan fingerprint density at radius 3 is 2.30 bits per heavy atom. The maximum absolute atomic E-state index is 13.6. The van der Waals surface area contributed by atoms with Crippen LogP contribution >= 0.6 is 0 Å². The standard InChI is InChI=1S/C26H33N3O/c1-25(2)14-22(20-6-4-3-5-7-20)28-24-21(16-27-29(24)25)23(30)15-26-11-17-8-18(12-26)10-19(9-17)13-26/h3-7,16-19,22,28H,8-15H2,1-2H3/t17?,18?,19?,22-,26?/m0/s1. The molecular weight excluding hydrogens is 370 g/mol. The number of nitrogens with one attached hydrogen (secondary N) is 1. The number of carbonyl (C=O) groups is 1. The molecule has 4 nitrogen and oxygen atoms in total. The molecule has 4 saturated carbocycles. The van der Waals surface area contributed by atoms with Crippen molar-refractivity contribution in [2.75, 3.05) is 5.32 Å². The SMILES string of the molecule is CC1(C)C[C@@H](c2ccccc2)Nc2c(C(=O)CC34CC5CC(CC(C5)C3)C4)cnn21. The minimum atomic E-state index is -0.125. The molecule has 0 saturated heterocycles. The van der Waals surface area contributed by atoms with Gasteiger partial charge in [-0.2, -0.15) is 5.10 Å². The predicted molar refractivity (Wildman–Crippen MR) is 119 cm³/mol. The Hall–Kier alpha value is -2.10. The monoisotopic (exact) mass is 403 g/mol. The van der Waals surface area contributed by atoms with Crippen molar-refractivity contribution >= 4 is 11.6 Å². The van der Waals surface area contributed by atoms with Gasteiger partial charge in [0.25, 0.3) is 0 Å². The molecule has 158 valence electrons. The fourth-order valence-corrected chi connectivity index (χ4v) is 7.78. The molecule has 0 unspecified atom stereocenters. The number of anilines is 1. The number of Topliss-reactive ketones (excluding diaryl/α,β-unsaturated/α-hetero) is 1. The topological polar surface area (TPSA) is 46.9 Å². The van der Waals surface area contributed by atoms with E-state index in [4.69, 9.17) is 0 Å². The molecule has 30 heavy (non-hydrogen) atoms. The van der Waals surface area contributed by atoms with Crippen LogP contribution in [0.4, 0.5) is 5.82 Å². The summed E-state index contributed by atoms with van der Waals surface area (Å²) in [5.41, 5.74) is 2.22. The Bertz CT molecular complexity index is 938. The zero-order valence-corrected chi connectivity index (χ0v) is 18.2. The van der Waals surface area contributed by atoms with Gasteiger partial charge in [-0.25, -0.2) is 4.68 Å². The molecule has 4 bridgehead atoms. The number of hydrogen-bond donors (Lipinski definition) is 1. The molecule has 1 atom stereocenters. The first-order valence-electron chi connectivity index (χ1n) is 11.8. The summed E-state index contributed by atoms with van der Waals surface area (Å²) in [4.78, 5) is 13.6. The number of rotatable bonds is 4. The molecular formula is C26H33N3O. The van der Waals surface area contributed by atoms with Gasteiger partial charge in [-0.15, -0.1) is 0 Å². The maximum atomic E-state index is 13.6. The molecule has 4 aliphatic carbocycles. The van der Waals surface area contributed by atoms with E-state index in [0.29, 0.717) is 12.2 Å². The third-order valence-corrected chi connectivity index (χ3v) is 8.56. The van der Waals surface area contributed by atoms with E-state index in [2.05, 4.69) is 59.3 Å². The molecule has 2 aromatic rings. The van der Waals surface area contributed by atoms with Gasteiger partial charge in [0.05, 0.1) is 23.3 Å². The van der Waals surface area contributed by atoms with Gasteiger partial charge in [-0.05, 0) is 87.5 Å². The highest BCUT2D eigenvalue weighted by Gasteiger charge is 2.51. The van der Waals surface area contributed by atoms with Gasteiger partial charge in [0.1, 0.15) is 5.82 Å². The van der Waals surface area contributed by atoms with Crippen molar-refractivity contribution in [3.63, 3.8) is 0 Å². The van der Waals surface area contributed by atoms with Gasteiger partial charge in [-0.3, -0.25) is 4.79 Å². The van der Waals surface area contributed by atoms with E-state index in [0.717, 1.165) is 35.6 Å². The van der Waals surface area contributed by atoms with E-state index < -0.39 is 0 Å². The van der Waals surface area contributed by atoms with Crippen molar-refractivity contribution < 1.29 is 4.79 Å². The zero-order valence-electron chi connectivity index (χ0n) is 18.2. The van der Waals surface area contributed by atoms with Crippen LogP contribution in [0.15, 0.2) is 36.5 Å². The first-order valence-corrected chi connectivity index (χ1v) is 11.8. The second-order valence-corrected chi connectivity index (χ2v) is 11.5. The number of benzene rings is 1. The van der Waals surface area contributed by atoms with Gasteiger partial charge in [-0.1, -0.05) is 30.3 Å². The summed E-state index contributed by atoms with van der Waals surface area (Å²) < 4.78 is 2.05. The van der Waals surface area contributed by atoms with E-state index in [1.165, 1.54) is 44.1 Å². The zero-order chi connectivity index (χ0) is 20.5. The molecule has 1 aromatic carbocycles. The molecule has 0 spiro atoms. The molecule has 1 aromatic heterocycles. The maximum Gasteiger partial charge on any atom is 0.168 e. The first-order chi connectivity index (χ1) is 14.4. The highest BCUT2D eigenvalue weighted by molar-refractivity contribution is 6.01. The Morgan fingerprint density at radius 1 is 1.03 bits per heavy atom. The van der Waals surface area contributed by atoms with E-state index in [9.17, 15) is 4.79 Å². The Balaban J connectivity index is 1.29. The Labute approximate surface area is 179 Å². The van der Waals surface area contributed by atoms with Crippen LogP contribution in [0.1, 0.15) is 87.2 Å². The van der Waals surface area contributed by atoms with E-state index in [1.807, 2.05) is 6.20 Å². The van der Waals surface area contributed by atoms with Crippen molar-refractivity contribution in [2.45, 2.75) is 76.8 Å². The van der Waals surface area contributed by atoms with Crippen LogP contribution < -0.4 is 5.32 Å². The summed E-state index contributed by atoms with van der Waals surface area (Å²) in [5, 5.41) is 8.37. The largest absolute Gasteiger partial charge is 0.363 e. The number of aromatic nitrogens is 2. The van der Waals surface area contributed by atoms with Crippen LogP contribution in [0.2, 0.25) is 0 Å². The van der Waals surface area contributed by atoms with Crippen LogP contribution in [0, 0.1) is 23.2 Å². The van der Waals surface area contributed by atoms with Gasteiger partial charge in [0.15, 0.2) is 5.78 Å². The molecule has 0 amide bonds. The smallest absolute Gasteiger partial charge is 0.168 e.